The van der Waals surface area contributed by atoms with E-state index in [1.807, 2.05) is 37.4 Å². The van der Waals surface area contributed by atoms with Crippen LogP contribution in [0.1, 0.15) is 20.8 Å². The molecule has 11 heteroatoms. The average Bonchev–Trinajstić information content (AvgIpc) is 3.12. The van der Waals surface area contributed by atoms with E-state index in [0.29, 0.717) is 0 Å². The first kappa shape index (κ1) is 31.5. The average molecular weight is 532 g/mol. The van der Waals surface area contributed by atoms with Crippen LogP contribution in [0.15, 0.2) is 52.7 Å². The van der Waals surface area contributed by atoms with Gasteiger partial charge in [-0.3, -0.25) is 0 Å². The molecule has 0 saturated heterocycles. The Hall–Kier alpha value is -3.57. The second-order valence-electron chi connectivity index (χ2n) is 9.07. The van der Waals surface area contributed by atoms with Crippen LogP contribution in [0.3, 0.4) is 0 Å². The molecule has 0 atom stereocenters. The number of carboxylic acids is 2. The molecule has 1 aromatic heterocycles. The molecule has 3 rings (SSSR count). The number of azo groups is 1. The highest BCUT2D eigenvalue weighted by Gasteiger charge is 2.17. The first-order valence-electron chi connectivity index (χ1n) is 11.7. The molecule has 0 N–H and O–H groups in total. The number of carboxylic acid groups (broad SMARTS) is 2. The number of benzene rings is 2. The summed E-state index contributed by atoms with van der Waals surface area (Å²) in [7, 11) is 10.4. The van der Waals surface area contributed by atoms with Crippen LogP contribution in [0.4, 0.5) is 16.5 Å². The highest BCUT2D eigenvalue weighted by atomic mass is 32.1. The lowest BCUT2D eigenvalue weighted by Crippen LogP contribution is -2.42. The van der Waals surface area contributed by atoms with Crippen molar-refractivity contribution in [1.82, 2.24) is 0 Å². The molecule has 0 spiro atoms. The van der Waals surface area contributed by atoms with Gasteiger partial charge in [-0.1, -0.05) is 0 Å². The van der Waals surface area contributed by atoms with Crippen molar-refractivity contribution in [2.45, 2.75) is 20.8 Å². The van der Waals surface area contributed by atoms with Crippen LogP contribution in [-0.2, 0) is 16.6 Å². The number of aliphatic carboxylic acids is 2. The minimum absolute atomic E-state index is 0.851. The van der Waals surface area contributed by atoms with Gasteiger partial charge in [-0.2, -0.15) is 0 Å². The summed E-state index contributed by atoms with van der Waals surface area (Å²) in [6, 6.07) is 14.4. The molecule has 202 valence electrons. The molecule has 0 unspecified atom stereocenters. The van der Waals surface area contributed by atoms with Gasteiger partial charge in [0.2, 0.25) is 0 Å². The van der Waals surface area contributed by atoms with E-state index in [1.165, 1.54) is 5.69 Å². The second kappa shape index (κ2) is 14.9. The van der Waals surface area contributed by atoms with Gasteiger partial charge >= 0.3 is 5.13 Å². The normalized spacial score (nSPS) is 10.8. The van der Waals surface area contributed by atoms with Crippen molar-refractivity contribution in [2.24, 2.45) is 17.3 Å². The van der Waals surface area contributed by atoms with E-state index in [1.54, 1.807) is 18.4 Å². The van der Waals surface area contributed by atoms with E-state index in [9.17, 15) is 0 Å². The Morgan fingerprint density at radius 2 is 1.59 bits per heavy atom. The van der Waals surface area contributed by atoms with Crippen molar-refractivity contribution in [1.29, 1.82) is 0 Å². The molecule has 0 radical (unpaired) electrons. The number of methoxy groups -OCH3 is 1. The molecule has 3 aromatic rings. The molecule has 0 amide bonds. The molecule has 0 aliphatic carbocycles. The summed E-state index contributed by atoms with van der Waals surface area (Å²) in [4.78, 5) is 20.2. The lowest BCUT2D eigenvalue weighted by molar-refractivity contribution is -0.868. The zero-order valence-electron chi connectivity index (χ0n) is 22.8. The lowest BCUT2D eigenvalue weighted by Gasteiger charge is -2.29. The Kier molecular flexibility index (Phi) is 12.6. The maximum atomic E-state index is 8.89. The summed E-state index contributed by atoms with van der Waals surface area (Å²) in [5.74, 6) is -1.32. The number of thiazole rings is 1. The van der Waals surface area contributed by atoms with Crippen molar-refractivity contribution in [3.63, 3.8) is 0 Å². The maximum Gasteiger partial charge on any atom is 0.409 e. The topological polar surface area (TPSA) is 121 Å². The van der Waals surface area contributed by atoms with E-state index in [2.05, 4.69) is 59.9 Å². The van der Waals surface area contributed by atoms with Crippen LogP contribution >= 0.6 is 11.3 Å². The number of rotatable bonds is 8. The quantitative estimate of drug-likeness (QED) is 0.250. The monoisotopic (exact) mass is 531 g/mol. The molecular weight excluding hydrogens is 494 g/mol. The Bertz CT molecular complexity index is 1170. The Balaban J connectivity index is 0.000000751. The van der Waals surface area contributed by atoms with Crippen molar-refractivity contribution < 1.29 is 33.6 Å². The van der Waals surface area contributed by atoms with Gasteiger partial charge in [0.25, 0.3) is 0 Å². The summed E-state index contributed by atoms with van der Waals surface area (Å²) < 4.78 is 9.46. The van der Waals surface area contributed by atoms with Crippen LogP contribution in [0, 0.1) is 0 Å². The van der Waals surface area contributed by atoms with Crippen molar-refractivity contribution >= 4 is 50.0 Å². The van der Waals surface area contributed by atoms with Gasteiger partial charge in [-0.25, -0.2) is 4.57 Å². The first-order chi connectivity index (χ1) is 17.3. The molecule has 2 aromatic carbocycles. The molecule has 37 heavy (non-hydrogen) atoms. The number of carbonyl (C=O) groups excluding carboxylic acids is 2. The largest absolute Gasteiger partial charge is 0.550 e. The second-order valence-corrected chi connectivity index (χ2v) is 10.1. The standard InChI is InChI=1S/C22H31N5OS.2C2H4O2/c1-7-26(14-15-27(3,4)5)18-10-8-17(9-11-18)23-24-22-25(2)20-13-12-19(28-6)16-21(20)29-22;2*1-2(3)4/h8-13,16H,7,14-15H2,1-6H3;2*1H3,(H,3,4)/q+2;;/p-2. The smallest absolute Gasteiger partial charge is 0.409 e. The van der Waals surface area contributed by atoms with Crippen LogP contribution in [0.5, 0.6) is 5.75 Å². The molecule has 0 saturated carbocycles. The summed E-state index contributed by atoms with van der Waals surface area (Å²) in [6.07, 6.45) is 0. The van der Waals surface area contributed by atoms with E-state index in [4.69, 9.17) is 24.5 Å². The number of hydrogen-bond donors (Lipinski definition) is 0. The number of likely N-dealkylation sites (N-methyl/N-ethyl adjacent to an activating group) is 2. The van der Waals surface area contributed by atoms with E-state index >= 15 is 0 Å². The lowest BCUT2D eigenvalue weighted by atomic mass is 10.2. The van der Waals surface area contributed by atoms with Crippen LogP contribution < -0.4 is 24.4 Å². The van der Waals surface area contributed by atoms with Gasteiger partial charge in [0, 0.05) is 30.2 Å². The molecule has 1 heterocycles. The van der Waals surface area contributed by atoms with Crippen molar-refractivity contribution in [3.8, 4) is 5.75 Å². The fourth-order valence-corrected chi connectivity index (χ4v) is 4.06. The maximum absolute atomic E-state index is 8.89. The van der Waals surface area contributed by atoms with Crippen LogP contribution in [-0.4, -0.2) is 64.3 Å². The predicted octanol–water partition coefficient (Wildman–Crippen LogP) is 2.19. The predicted molar refractivity (Wildman–Crippen MR) is 142 cm³/mol. The van der Waals surface area contributed by atoms with Gasteiger partial charge in [0.1, 0.15) is 17.0 Å². The Morgan fingerprint density at radius 3 is 2.08 bits per heavy atom. The van der Waals surface area contributed by atoms with E-state index in [0.717, 1.165) is 64.7 Å². The highest BCUT2D eigenvalue weighted by molar-refractivity contribution is 7.21. The van der Waals surface area contributed by atoms with Crippen LogP contribution in [0.25, 0.3) is 10.2 Å². The third kappa shape index (κ3) is 11.8. The molecule has 0 bridgehead atoms. The summed E-state index contributed by atoms with van der Waals surface area (Å²) in [5, 5.41) is 27.6. The zero-order chi connectivity index (χ0) is 28.2. The number of aromatic nitrogens is 1. The third-order valence-electron chi connectivity index (χ3n) is 4.90. The van der Waals surface area contributed by atoms with Gasteiger partial charge in [0.15, 0.2) is 0 Å². The summed E-state index contributed by atoms with van der Waals surface area (Å²) >= 11 is 1.61. The van der Waals surface area contributed by atoms with Gasteiger partial charge in [-0.05, 0) is 73.6 Å². The Labute approximate surface area is 222 Å². The number of hydrogen-bond acceptors (Lipinski definition) is 9. The minimum Gasteiger partial charge on any atom is -0.550 e. The van der Waals surface area contributed by atoms with Crippen molar-refractivity contribution in [2.75, 3.05) is 52.8 Å². The third-order valence-corrected chi connectivity index (χ3v) is 5.99. The number of nitrogens with zero attached hydrogens (tertiary/aromatic N) is 5. The molecular formula is C26H37N5O5S. The number of carbonyl (C=O) groups is 2. The number of anilines is 1. The van der Waals surface area contributed by atoms with Gasteiger partial charge in [0.05, 0.1) is 58.2 Å². The summed E-state index contributed by atoms with van der Waals surface area (Å²) in [6.45, 7) is 7.26. The van der Waals surface area contributed by atoms with Gasteiger partial charge < -0.3 is 33.9 Å². The fourth-order valence-electron chi connectivity index (χ4n) is 3.06. The number of fused-ring (bicyclic) bond motifs is 1. The number of aryl methyl sites for hydroxylation is 1. The Morgan fingerprint density at radius 1 is 1.03 bits per heavy atom. The SMILES string of the molecule is CC(=O)[O-].CC(=O)[O-].CCN(CC[N+](C)(C)C)c1ccc(N=Nc2sc3cc(OC)ccc3[n+]2C)cc1. The molecule has 0 fully saturated rings. The van der Waals surface area contributed by atoms with E-state index in [-0.39, 0.29) is 0 Å². The van der Waals surface area contributed by atoms with Crippen LogP contribution in [0.2, 0.25) is 0 Å². The zero-order valence-corrected chi connectivity index (χ0v) is 23.7. The number of ether oxygens (including phenoxy) is 1. The van der Waals surface area contributed by atoms with Crippen molar-refractivity contribution in [3.05, 3.63) is 42.5 Å². The fraction of sp³-hybridized carbons (Fsp3) is 0.423. The van der Waals surface area contributed by atoms with Gasteiger partial charge in [-0.15, -0.1) is 0 Å². The van der Waals surface area contributed by atoms with E-state index < -0.39 is 11.9 Å². The molecule has 0 aliphatic heterocycles. The highest BCUT2D eigenvalue weighted by Crippen LogP contribution is 2.30. The summed E-state index contributed by atoms with van der Waals surface area (Å²) in [5.41, 5.74) is 3.20. The molecule has 10 nitrogen and oxygen atoms in total. The minimum atomic E-state index is -1.08. The molecule has 0 aliphatic rings. The first-order valence-corrected chi connectivity index (χ1v) is 12.5. The number of quaternary nitrogens is 1.